The van der Waals surface area contributed by atoms with E-state index in [1.54, 1.807) is 7.05 Å². The van der Waals surface area contributed by atoms with E-state index in [2.05, 4.69) is 10.2 Å². The minimum absolute atomic E-state index is 0.0548. The quantitative estimate of drug-likeness (QED) is 0.595. The van der Waals surface area contributed by atoms with Crippen LogP contribution in [0.25, 0.3) is 0 Å². The van der Waals surface area contributed by atoms with E-state index in [-0.39, 0.29) is 42.8 Å². The zero-order valence-corrected chi connectivity index (χ0v) is 24.5. The molecule has 0 spiro atoms. The number of carbonyl (C=O) groups excluding carboxylic acids is 3. The Hall–Kier alpha value is -3.47. The number of rotatable bonds is 4. The van der Waals surface area contributed by atoms with E-state index in [0.717, 1.165) is 50.4 Å². The number of aryl methyl sites for hydroxylation is 1. The number of nitrogens with one attached hydrogen (secondary N) is 1. The van der Waals surface area contributed by atoms with Crippen LogP contribution in [0.1, 0.15) is 36.8 Å². The predicted octanol–water partition coefficient (Wildman–Crippen LogP) is 2.60. The van der Waals surface area contributed by atoms with Gasteiger partial charge in [-0.25, -0.2) is 0 Å². The Labute approximate surface area is 247 Å². The number of amides is 3. The molecule has 226 valence electrons. The second kappa shape index (κ2) is 14.6. The number of fused-ring (bicyclic) bond motifs is 5. The van der Waals surface area contributed by atoms with E-state index in [0.29, 0.717) is 50.5 Å². The maximum Gasteiger partial charge on any atom is 0.239 e. The van der Waals surface area contributed by atoms with Crippen molar-refractivity contribution in [1.82, 2.24) is 20.0 Å². The van der Waals surface area contributed by atoms with E-state index in [1.807, 2.05) is 53.4 Å². The zero-order chi connectivity index (χ0) is 29.3. The van der Waals surface area contributed by atoms with Gasteiger partial charge >= 0.3 is 0 Å². The fourth-order valence-corrected chi connectivity index (χ4v) is 5.73. The molecule has 3 heterocycles. The first-order valence-corrected chi connectivity index (χ1v) is 15.0. The minimum atomic E-state index is -0.379. The van der Waals surface area contributed by atoms with Crippen LogP contribution in [-0.2, 0) is 36.9 Å². The van der Waals surface area contributed by atoms with Crippen molar-refractivity contribution < 1.29 is 28.6 Å². The maximum absolute atomic E-state index is 13.1. The number of morpholine rings is 1. The molecular formula is C32H42N4O6. The van der Waals surface area contributed by atoms with Crippen molar-refractivity contribution in [3.05, 3.63) is 59.7 Å². The number of piperidine rings is 1. The van der Waals surface area contributed by atoms with Gasteiger partial charge in [0.2, 0.25) is 17.7 Å². The molecule has 42 heavy (non-hydrogen) atoms. The molecule has 0 aliphatic carbocycles. The molecule has 0 aromatic heterocycles. The molecule has 5 rings (SSSR count). The third-order valence-electron chi connectivity index (χ3n) is 8.15. The highest BCUT2D eigenvalue weighted by atomic mass is 16.5. The minimum Gasteiger partial charge on any atom is -0.457 e. The standard InChI is InChI=1S/C32H42N4O6/c1-34-22-30(37)33-28-21-36(32(39)9-4-13-35-15-17-40-18-16-35)14-12-29(28)41-23-25-6-3-8-27(20-25)42-26-7-2-5-24(19-26)10-11-31(34)38/h2-3,5-8,19-20,28-29H,4,9-18,21-23H2,1H3,(H,33,37)/t28-,29+/m0/s1. The molecule has 3 aliphatic rings. The summed E-state index contributed by atoms with van der Waals surface area (Å²) in [5, 5.41) is 3.08. The van der Waals surface area contributed by atoms with Crippen LogP contribution < -0.4 is 10.1 Å². The second-order valence-corrected chi connectivity index (χ2v) is 11.4. The lowest BCUT2D eigenvalue weighted by Gasteiger charge is -2.39. The number of benzene rings is 2. The summed E-state index contributed by atoms with van der Waals surface area (Å²) in [6.45, 7) is 5.42. The molecule has 10 heteroatoms. The number of hydrogen-bond donors (Lipinski definition) is 1. The Kier molecular flexibility index (Phi) is 10.4. The normalized spacial score (nSPS) is 22.8. The van der Waals surface area contributed by atoms with Crippen molar-refractivity contribution in [3.8, 4) is 11.5 Å². The van der Waals surface area contributed by atoms with Gasteiger partial charge in [0.25, 0.3) is 0 Å². The van der Waals surface area contributed by atoms with Crippen molar-refractivity contribution in [2.45, 2.75) is 50.9 Å². The first kappa shape index (κ1) is 30.0. The van der Waals surface area contributed by atoms with Crippen LogP contribution in [0.2, 0.25) is 0 Å². The fourth-order valence-electron chi connectivity index (χ4n) is 5.73. The molecule has 2 atom stereocenters. The lowest BCUT2D eigenvalue weighted by molar-refractivity contribution is -0.138. The van der Waals surface area contributed by atoms with Crippen LogP contribution in [0.5, 0.6) is 11.5 Å². The number of likely N-dealkylation sites (N-methyl/N-ethyl adjacent to an activating group) is 1. The molecule has 3 aliphatic heterocycles. The molecule has 2 aromatic carbocycles. The number of hydrogen-bond acceptors (Lipinski definition) is 7. The van der Waals surface area contributed by atoms with E-state index in [9.17, 15) is 14.4 Å². The SMILES string of the molecule is CN1CC(=O)N[C@H]2CN(C(=O)CCCN3CCOCC3)CC[C@H]2OCc2cccc(c2)Oc2cccc(c2)CCC1=O. The Morgan fingerprint density at radius 1 is 0.976 bits per heavy atom. The van der Waals surface area contributed by atoms with Gasteiger partial charge in [0.05, 0.1) is 38.5 Å². The van der Waals surface area contributed by atoms with Gasteiger partial charge in [-0.2, -0.15) is 0 Å². The van der Waals surface area contributed by atoms with Crippen LogP contribution in [-0.4, -0.2) is 104 Å². The average molecular weight is 579 g/mol. The number of nitrogens with zero attached hydrogens (tertiary/aromatic N) is 3. The molecule has 2 aromatic rings. The van der Waals surface area contributed by atoms with Gasteiger partial charge in [0.15, 0.2) is 0 Å². The summed E-state index contributed by atoms with van der Waals surface area (Å²) >= 11 is 0. The summed E-state index contributed by atoms with van der Waals surface area (Å²) < 4.78 is 17.9. The topological polar surface area (TPSA) is 101 Å². The molecule has 2 saturated heterocycles. The van der Waals surface area contributed by atoms with Crippen molar-refractivity contribution in [1.29, 1.82) is 0 Å². The predicted molar refractivity (Wildman–Crippen MR) is 157 cm³/mol. The van der Waals surface area contributed by atoms with Crippen molar-refractivity contribution in [2.75, 3.05) is 59.5 Å². The van der Waals surface area contributed by atoms with E-state index in [1.165, 1.54) is 4.90 Å². The highest BCUT2D eigenvalue weighted by Crippen LogP contribution is 2.25. The largest absolute Gasteiger partial charge is 0.457 e. The lowest BCUT2D eigenvalue weighted by Crippen LogP contribution is -2.58. The van der Waals surface area contributed by atoms with Crippen LogP contribution in [0, 0.1) is 0 Å². The average Bonchev–Trinajstić information content (AvgIpc) is 2.99. The van der Waals surface area contributed by atoms with Crippen LogP contribution >= 0.6 is 0 Å². The highest BCUT2D eigenvalue weighted by Gasteiger charge is 2.33. The summed E-state index contributed by atoms with van der Waals surface area (Å²) in [5.41, 5.74) is 1.95. The third-order valence-corrected chi connectivity index (χ3v) is 8.15. The molecule has 1 N–H and O–H groups in total. The molecular weight excluding hydrogens is 536 g/mol. The summed E-state index contributed by atoms with van der Waals surface area (Å²) in [5.74, 6) is 1.13. The number of carbonyl (C=O) groups is 3. The van der Waals surface area contributed by atoms with Crippen LogP contribution in [0.3, 0.4) is 0 Å². The highest BCUT2D eigenvalue weighted by molar-refractivity contribution is 5.85. The van der Waals surface area contributed by atoms with Gasteiger partial charge in [-0.1, -0.05) is 24.3 Å². The summed E-state index contributed by atoms with van der Waals surface area (Å²) in [6.07, 6.45) is 2.43. The maximum atomic E-state index is 13.1. The summed E-state index contributed by atoms with van der Waals surface area (Å²) in [4.78, 5) is 44.7. The lowest BCUT2D eigenvalue weighted by atomic mass is 10.0. The second-order valence-electron chi connectivity index (χ2n) is 11.4. The zero-order valence-electron chi connectivity index (χ0n) is 24.5. The Morgan fingerprint density at radius 2 is 1.71 bits per heavy atom. The van der Waals surface area contributed by atoms with Crippen molar-refractivity contribution >= 4 is 17.7 Å². The van der Waals surface area contributed by atoms with Gasteiger partial charge in [0, 0.05) is 46.1 Å². The first-order valence-electron chi connectivity index (χ1n) is 15.0. The molecule has 10 nitrogen and oxygen atoms in total. The van der Waals surface area contributed by atoms with Gasteiger partial charge < -0.3 is 29.3 Å². The molecule has 4 bridgehead atoms. The van der Waals surface area contributed by atoms with E-state index >= 15 is 0 Å². The molecule has 0 saturated carbocycles. The van der Waals surface area contributed by atoms with Crippen molar-refractivity contribution in [3.63, 3.8) is 0 Å². The molecule has 2 fully saturated rings. The van der Waals surface area contributed by atoms with Crippen LogP contribution in [0.4, 0.5) is 0 Å². The number of ether oxygens (including phenoxy) is 3. The molecule has 0 unspecified atom stereocenters. The Bertz CT molecular complexity index is 1230. The third kappa shape index (κ3) is 8.53. The number of likely N-dealkylation sites (tertiary alicyclic amines) is 1. The van der Waals surface area contributed by atoms with E-state index in [4.69, 9.17) is 14.2 Å². The van der Waals surface area contributed by atoms with Crippen LogP contribution in [0.15, 0.2) is 48.5 Å². The summed E-state index contributed by atoms with van der Waals surface area (Å²) in [6, 6.07) is 15.1. The van der Waals surface area contributed by atoms with E-state index < -0.39 is 0 Å². The molecule has 3 amide bonds. The Morgan fingerprint density at radius 3 is 2.50 bits per heavy atom. The monoisotopic (exact) mass is 578 g/mol. The smallest absolute Gasteiger partial charge is 0.239 e. The van der Waals surface area contributed by atoms with Gasteiger partial charge in [0.1, 0.15) is 11.5 Å². The fraction of sp³-hybridized carbons (Fsp3) is 0.531. The van der Waals surface area contributed by atoms with Gasteiger partial charge in [-0.05, 0) is 61.2 Å². The Balaban J connectivity index is 1.26. The van der Waals surface area contributed by atoms with Crippen molar-refractivity contribution in [2.24, 2.45) is 0 Å². The summed E-state index contributed by atoms with van der Waals surface area (Å²) in [7, 11) is 1.64. The first-order chi connectivity index (χ1) is 20.4. The van der Waals surface area contributed by atoms with Gasteiger partial charge in [-0.15, -0.1) is 0 Å². The molecule has 0 radical (unpaired) electrons. The van der Waals surface area contributed by atoms with Gasteiger partial charge in [-0.3, -0.25) is 19.3 Å².